The molecule has 2 aliphatic rings. The molecule has 1 aliphatic heterocycles. The molecule has 8 heteroatoms. The number of benzene rings is 2. The van der Waals surface area contributed by atoms with Crippen molar-refractivity contribution < 1.29 is 14.3 Å². The minimum atomic E-state index is -1.14. The monoisotopic (exact) mass is 437 g/mol. The van der Waals surface area contributed by atoms with Gasteiger partial charge in [-0.2, -0.15) is 5.26 Å². The van der Waals surface area contributed by atoms with Gasteiger partial charge in [0.1, 0.15) is 0 Å². The smallest absolute Gasteiger partial charge is 0.235 e. The summed E-state index contributed by atoms with van der Waals surface area (Å²) >= 11 is 0. The highest BCUT2D eigenvalue weighted by Crippen LogP contribution is 2.36. The van der Waals surface area contributed by atoms with Crippen LogP contribution in [0.2, 0.25) is 0 Å². The minimum Gasteiger partial charge on any atom is -0.347 e. The molecule has 1 aromatic heterocycles. The molecule has 0 saturated carbocycles. The molecule has 162 valence electrons. The highest BCUT2D eigenvalue weighted by atomic mass is 16.5. The fraction of sp³-hybridized carbons (Fsp3) is 0.160. The first-order valence-corrected chi connectivity index (χ1v) is 10.5. The zero-order chi connectivity index (χ0) is 22.8. The van der Waals surface area contributed by atoms with Crippen LogP contribution in [0, 0.1) is 17.2 Å². The third-order valence-electron chi connectivity index (χ3n) is 5.66. The Balaban J connectivity index is 1.42. The normalized spacial score (nSPS) is 19.1. The van der Waals surface area contributed by atoms with Gasteiger partial charge in [-0.3, -0.25) is 14.5 Å². The van der Waals surface area contributed by atoms with Crippen molar-refractivity contribution in [2.24, 2.45) is 5.92 Å². The third kappa shape index (κ3) is 3.86. The number of hydrogen-bond donors (Lipinski definition) is 0. The van der Waals surface area contributed by atoms with E-state index in [-0.39, 0.29) is 18.3 Å². The maximum atomic E-state index is 13.6. The Bertz CT molecular complexity index is 1300. The van der Waals surface area contributed by atoms with E-state index in [1.165, 1.54) is 12.2 Å². The zero-order valence-electron chi connectivity index (χ0n) is 17.5. The summed E-state index contributed by atoms with van der Waals surface area (Å²) in [7, 11) is 0. The summed E-state index contributed by atoms with van der Waals surface area (Å²) in [4.78, 5) is 26.9. The third-order valence-corrected chi connectivity index (χ3v) is 5.66. The van der Waals surface area contributed by atoms with E-state index < -0.39 is 11.6 Å². The summed E-state index contributed by atoms with van der Waals surface area (Å²) in [6, 6.07) is 18.4. The van der Waals surface area contributed by atoms with Crippen LogP contribution in [0.3, 0.4) is 0 Å². The summed E-state index contributed by atoms with van der Waals surface area (Å²) < 4.78 is 7.77. The number of nitriles is 1. The second-order valence-electron chi connectivity index (χ2n) is 7.86. The molecule has 1 fully saturated rings. The number of allylic oxidation sites excluding steroid dienone is 2. The molecule has 8 nitrogen and oxygen atoms in total. The van der Waals surface area contributed by atoms with Gasteiger partial charge in [-0.05, 0) is 54.6 Å². The van der Waals surface area contributed by atoms with Crippen LogP contribution in [0.4, 0.5) is 5.69 Å². The highest BCUT2D eigenvalue weighted by molar-refractivity contribution is 6.03. The molecule has 0 bridgehead atoms. The fourth-order valence-electron chi connectivity index (χ4n) is 4.03. The number of carbonyl (C=O) groups excluding carboxylic acids is 2. The molecule has 1 amide bonds. The first kappa shape index (κ1) is 20.5. The number of anilines is 1. The Morgan fingerprint density at radius 2 is 1.82 bits per heavy atom. The minimum absolute atomic E-state index is 0.128. The van der Waals surface area contributed by atoms with Gasteiger partial charge in [-0.15, -0.1) is 5.10 Å². The Morgan fingerprint density at radius 1 is 1.06 bits per heavy atom. The molecule has 5 rings (SSSR count). The Labute approximate surface area is 190 Å². The van der Waals surface area contributed by atoms with Crippen molar-refractivity contribution in [2.45, 2.75) is 12.1 Å². The first-order valence-electron chi connectivity index (χ1n) is 10.5. The van der Waals surface area contributed by atoms with E-state index >= 15 is 0 Å². The molecule has 2 aromatic carbocycles. The molecule has 0 radical (unpaired) electrons. The lowest BCUT2D eigenvalue weighted by atomic mass is 9.94. The van der Waals surface area contributed by atoms with E-state index in [0.29, 0.717) is 29.1 Å². The van der Waals surface area contributed by atoms with Crippen molar-refractivity contribution in [3.05, 3.63) is 96.4 Å². The average Bonchev–Trinajstić information content (AvgIpc) is 3.32. The number of para-hydroxylation sites is 1. The lowest BCUT2D eigenvalue weighted by Gasteiger charge is -2.46. The SMILES string of the molecule is N#Cc1cccc(-n2cc(CC3COC4(C=CC(=O)C=C4)N(c4ccccc4)C3=O)nn2)c1. The number of nitrogens with zero attached hydrogens (tertiary/aromatic N) is 5. The summed E-state index contributed by atoms with van der Waals surface area (Å²) in [5, 5.41) is 17.5. The van der Waals surface area contributed by atoms with Crippen molar-refractivity contribution in [2.75, 3.05) is 11.5 Å². The van der Waals surface area contributed by atoms with Crippen LogP contribution in [-0.2, 0) is 20.7 Å². The van der Waals surface area contributed by atoms with Gasteiger partial charge in [0.2, 0.25) is 5.91 Å². The number of rotatable bonds is 4. The average molecular weight is 437 g/mol. The van der Waals surface area contributed by atoms with Crippen LogP contribution < -0.4 is 4.90 Å². The number of hydrogen-bond acceptors (Lipinski definition) is 6. The number of amides is 1. The standard InChI is InChI=1S/C25H19N5O3/c26-15-18-5-4-8-22(13-18)29-16-20(27-28-29)14-19-17-33-25(11-9-23(31)10-12-25)30(24(19)32)21-6-2-1-3-7-21/h1-13,16,19H,14,17H2. The molecule has 33 heavy (non-hydrogen) atoms. The Kier molecular flexibility index (Phi) is 5.17. The fourth-order valence-corrected chi connectivity index (χ4v) is 4.03. The summed E-state index contributed by atoms with van der Waals surface area (Å²) in [6.45, 7) is 0.168. The zero-order valence-corrected chi connectivity index (χ0v) is 17.5. The van der Waals surface area contributed by atoms with Crippen molar-refractivity contribution in [1.82, 2.24) is 15.0 Å². The molecule has 2 heterocycles. The van der Waals surface area contributed by atoms with Crippen molar-refractivity contribution in [3.8, 4) is 11.8 Å². The molecule has 1 spiro atoms. The highest BCUT2D eigenvalue weighted by Gasteiger charge is 2.46. The van der Waals surface area contributed by atoms with Crippen LogP contribution in [0.1, 0.15) is 11.3 Å². The molecule has 1 saturated heterocycles. The van der Waals surface area contributed by atoms with E-state index in [1.807, 2.05) is 36.4 Å². The molecule has 3 aromatic rings. The number of ketones is 1. The first-order chi connectivity index (χ1) is 16.1. The number of ether oxygens (including phenoxy) is 1. The van der Waals surface area contributed by atoms with Crippen LogP contribution in [0.25, 0.3) is 5.69 Å². The predicted octanol–water partition coefficient (Wildman–Crippen LogP) is 2.75. The Hall–Kier alpha value is -4.35. The molecule has 1 atom stereocenters. The van der Waals surface area contributed by atoms with Crippen LogP contribution >= 0.6 is 0 Å². The van der Waals surface area contributed by atoms with E-state index in [0.717, 1.165) is 0 Å². The van der Waals surface area contributed by atoms with Gasteiger partial charge in [0.15, 0.2) is 11.5 Å². The number of aromatic nitrogens is 3. The Morgan fingerprint density at radius 3 is 2.58 bits per heavy atom. The maximum absolute atomic E-state index is 13.6. The van der Waals surface area contributed by atoms with Gasteiger partial charge < -0.3 is 4.74 Å². The second-order valence-corrected chi connectivity index (χ2v) is 7.86. The molecule has 1 unspecified atom stereocenters. The van der Waals surface area contributed by atoms with E-state index in [9.17, 15) is 9.59 Å². The van der Waals surface area contributed by atoms with Crippen LogP contribution in [0.15, 0.2) is 85.1 Å². The summed E-state index contributed by atoms with van der Waals surface area (Å²) in [5.74, 6) is -0.758. The largest absolute Gasteiger partial charge is 0.347 e. The van der Waals surface area contributed by atoms with E-state index in [1.54, 1.807) is 46.1 Å². The van der Waals surface area contributed by atoms with Gasteiger partial charge in [-0.25, -0.2) is 4.68 Å². The van der Waals surface area contributed by atoms with Crippen molar-refractivity contribution in [1.29, 1.82) is 5.26 Å². The summed E-state index contributed by atoms with van der Waals surface area (Å²) in [6.07, 6.45) is 8.17. The van der Waals surface area contributed by atoms with Crippen molar-refractivity contribution >= 4 is 17.4 Å². The van der Waals surface area contributed by atoms with Crippen LogP contribution in [-0.4, -0.2) is 39.0 Å². The second kappa shape index (κ2) is 8.30. The molecular formula is C25H19N5O3. The molecule has 1 aliphatic carbocycles. The van der Waals surface area contributed by atoms with Gasteiger partial charge in [-0.1, -0.05) is 29.5 Å². The van der Waals surface area contributed by atoms with Crippen molar-refractivity contribution in [3.63, 3.8) is 0 Å². The van der Waals surface area contributed by atoms with Gasteiger partial charge in [0.25, 0.3) is 0 Å². The lowest BCUT2D eigenvalue weighted by Crippen LogP contribution is -2.60. The molecule has 0 N–H and O–H groups in total. The maximum Gasteiger partial charge on any atom is 0.235 e. The van der Waals surface area contributed by atoms with Crippen LogP contribution in [0.5, 0.6) is 0 Å². The van der Waals surface area contributed by atoms with E-state index in [2.05, 4.69) is 16.4 Å². The van der Waals surface area contributed by atoms with Gasteiger partial charge in [0.05, 0.1) is 41.7 Å². The topological polar surface area (TPSA) is 101 Å². The van der Waals surface area contributed by atoms with E-state index in [4.69, 9.17) is 10.00 Å². The predicted molar refractivity (Wildman–Crippen MR) is 119 cm³/mol. The molecular weight excluding hydrogens is 418 g/mol. The lowest BCUT2D eigenvalue weighted by molar-refractivity contribution is -0.138. The summed E-state index contributed by atoms with van der Waals surface area (Å²) in [5.41, 5.74) is 1.40. The van der Waals surface area contributed by atoms with Gasteiger partial charge >= 0.3 is 0 Å². The quantitative estimate of drug-likeness (QED) is 0.622. The number of carbonyl (C=O) groups is 2. The van der Waals surface area contributed by atoms with Gasteiger partial charge in [0, 0.05) is 12.1 Å².